The second-order valence-corrected chi connectivity index (χ2v) is 9.28. The van der Waals surface area contributed by atoms with E-state index in [0.29, 0.717) is 26.9 Å². The third-order valence-corrected chi connectivity index (χ3v) is 6.56. The van der Waals surface area contributed by atoms with Crippen molar-refractivity contribution in [2.45, 2.75) is 50.4 Å². The van der Waals surface area contributed by atoms with Gasteiger partial charge >= 0.3 is 5.97 Å². The molecule has 4 atom stereocenters. The SMILES string of the molecule is NC(=O)C1O[C@H](C2CC2)[C@H](C(=O)NC(Cc2ccc(OCc3c(Cl)cccc3Cl)cc2)C(=O)O)O1. The van der Waals surface area contributed by atoms with Gasteiger partial charge in [0.15, 0.2) is 6.10 Å². The largest absolute Gasteiger partial charge is 0.489 e. The lowest BCUT2D eigenvalue weighted by Gasteiger charge is -2.20. The molecule has 0 aromatic heterocycles. The number of carboxylic acids is 1. The fourth-order valence-electron chi connectivity index (χ4n) is 3.82. The number of primary amides is 1. The summed E-state index contributed by atoms with van der Waals surface area (Å²) in [6.45, 7) is 0.170. The number of benzene rings is 2. The van der Waals surface area contributed by atoms with Crippen LogP contribution >= 0.6 is 23.2 Å². The summed E-state index contributed by atoms with van der Waals surface area (Å²) >= 11 is 12.3. The van der Waals surface area contributed by atoms with Crippen LogP contribution in [0.25, 0.3) is 0 Å². The molecule has 9 nitrogen and oxygen atoms in total. The average Bonchev–Trinajstić information content (AvgIpc) is 3.56. The first-order valence-corrected chi connectivity index (χ1v) is 11.8. The molecule has 0 radical (unpaired) electrons. The summed E-state index contributed by atoms with van der Waals surface area (Å²) in [6.07, 6.45) is -1.36. The highest BCUT2D eigenvalue weighted by molar-refractivity contribution is 6.35. The van der Waals surface area contributed by atoms with Gasteiger partial charge in [-0.3, -0.25) is 9.59 Å². The van der Waals surface area contributed by atoms with Gasteiger partial charge in [-0.05, 0) is 48.6 Å². The summed E-state index contributed by atoms with van der Waals surface area (Å²) < 4.78 is 16.6. The number of hydrogen-bond donors (Lipinski definition) is 3. The van der Waals surface area contributed by atoms with E-state index in [2.05, 4.69) is 5.32 Å². The molecule has 0 bridgehead atoms. The Hall–Kier alpha value is -2.85. The number of halogens is 2. The number of hydrogen-bond acceptors (Lipinski definition) is 6. The molecule has 2 aromatic rings. The highest BCUT2D eigenvalue weighted by Crippen LogP contribution is 2.40. The number of aliphatic carboxylic acids is 1. The first-order valence-electron chi connectivity index (χ1n) is 11.0. The van der Waals surface area contributed by atoms with Gasteiger partial charge in [0.2, 0.25) is 6.29 Å². The van der Waals surface area contributed by atoms with Crippen molar-refractivity contribution in [3.63, 3.8) is 0 Å². The van der Waals surface area contributed by atoms with Crippen LogP contribution in [0, 0.1) is 5.92 Å². The summed E-state index contributed by atoms with van der Waals surface area (Å²) in [7, 11) is 0. The number of carboxylic acid groups (broad SMARTS) is 1. The minimum absolute atomic E-state index is 0.0264. The van der Waals surface area contributed by atoms with Crippen molar-refractivity contribution in [2.75, 3.05) is 0 Å². The Morgan fingerprint density at radius 2 is 1.74 bits per heavy atom. The molecule has 1 saturated carbocycles. The molecule has 0 spiro atoms. The lowest BCUT2D eigenvalue weighted by atomic mass is 10.0. The lowest BCUT2D eigenvalue weighted by Crippen LogP contribution is -2.49. The van der Waals surface area contributed by atoms with Gasteiger partial charge < -0.3 is 30.4 Å². The van der Waals surface area contributed by atoms with E-state index in [0.717, 1.165) is 12.8 Å². The molecule has 4 rings (SSSR count). The Labute approximate surface area is 211 Å². The first-order chi connectivity index (χ1) is 16.7. The molecule has 4 N–H and O–H groups in total. The minimum atomic E-state index is -1.33. The molecule has 1 aliphatic carbocycles. The van der Waals surface area contributed by atoms with E-state index >= 15 is 0 Å². The van der Waals surface area contributed by atoms with E-state index in [-0.39, 0.29) is 18.9 Å². The maximum Gasteiger partial charge on any atom is 0.326 e. The number of nitrogens with one attached hydrogen (secondary N) is 1. The smallest absolute Gasteiger partial charge is 0.326 e. The van der Waals surface area contributed by atoms with E-state index < -0.39 is 42.3 Å². The molecule has 2 unspecified atom stereocenters. The number of amides is 2. The van der Waals surface area contributed by atoms with Gasteiger partial charge in [0.25, 0.3) is 11.8 Å². The molecule has 2 aromatic carbocycles. The summed E-state index contributed by atoms with van der Waals surface area (Å²) in [5.74, 6) is -2.08. The third kappa shape index (κ3) is 6.24. The number of ether oxygens (including phenoxy) is 3. The zero-order valence-corrected chi connectivity index (χ0v) is 20.0. The van der Waals surface area contributed by atoms with Crippen LogP contribution in [0.1, 0.15) is 24.0 Å². The maximum atomic E-state index is 12.8. The molecular weight excluding hydrogens is 499 g/mol. The molecule has 1 saturated heterocycles. The van der Waals surface area contributed by atoms with Crippen LogP contribution in [0.15, 0.2) is 42.5 Å². The highest BCUT2D eigenvalue weighted by atomic mass is 35.5. The van der Waals surface area contributed by atoms with Crippen LogP contribution in [0.4, 0.5) is 0 Å². The number of carbonyl (C=O) groups excluding carboxylic acids is 2. The number of carbonyl (C=O) groups is 3. The quantitative estimate of drug-likeness (QED) is 0.436. The van der Waals surface area contributed by atoms with Crippen LogP contribution in [-0.4, -0.2) is 47.4 Å². The summed E-state index contributed by atoms with van der Waals surface area (Å²) in [5.41, 5.74) is 6.56. The Bertz CT molecular complexity index is 1090. The topological polar surface area (TPSA) is 137 Å². The normalized spacial score (nSPS) is 22.4. The molecule has 11 heteroatoms. The standard InChI is InChI=1S/C24H24Cl2N2O7/c25-16-2-1-3-17(26)15(16)11-33-14-8-4-12(5-9-14)10-18(23(31)32)28-22(30)20-19(13-6-7-13)34-24(35-20)21(27)29/h1-5,8-9,13,18-20,24H,6-7,10-11H2,(H2,27,29)(H,28,30)(H,31,32)/t18?,19-,20-,24?/m1/s1. The van der Waals surface area contributed by atoms with Crippen molar-refractivity contribution in [1.82, 2.24) is 5.32 Å². The zero-order chi connectivity index (χ0) is 25.1. The fourth-order valence-corrected chi connectivity index (χ4v) is 4.33. The molecular formula is C24H24Cl2N2O7. The molecule has 1 heterocycles. The minimum Gasteiger partial charge on any atom is -0.489 e. The third-order valence-electron chi connectivity index (χ3n) is 5.85. The second-order valence-electron chi connectivity index (χ2n) is 8.47. The van der Waals surface area contributed by atoms with E-state index in [4.69, 9.17) is 43.1 Å². The van der Waals surface area contributed by atoms with Crippen LogP contribution in [0.2, 0.25) is 10.0 Å². The van der Waals surface area contributed by atoms with Crippen LogP contribution < -0.4 is 15.8 Å². The molecule has 2 amide bonds. The summed E-state index contributed by atoms with van der Waals surface area (Å²) in [4.78, 5) is 36.1. The Morgan fingerprint density at radius 3 is 2.31 bits per heavy atom. The lowest BCUT2D eigenvalue weighted by molar-refractivity contribution is -0.151. The van der Waals surface area contributed by atoms with Gasteiger partial charge in [0.05, 0.1) is 6.10 Å². The molecule has 2 fully saturated rings. The predicted molar refractivity (Wildman–Crippen MR) is 126 cm³/mol. The molecule has 186 valence electrons. The summed E-state index contributed by atoms with van der Waals surface area (Å²) in [5, 5.41) is 13.2. The number of nitrogens with two attached hydrogens (primary N) is 1. The fraction of sp³-hybridized carbons (Fsp3) is 0.375. The highest BCUT2D eigenvalue weighted by Gasteiger charge is 2.50. The average molecular weight is 523 g/mol. The predicted octanol–water partition coefficient (Wildman–Crippen LogP) is 2.69. The van der Waals surface area contributed by atoms with E-state index in [1.165, 1.54) is 0 Å². The van der Waals surface area contributed by atoms with Gasteiger partial charge in [-0.1, -0.05) is 41.4 Å². The van der Waals surface area contributed by atoms with Gasteiger partial charge in [-0.25, -0.2) is 4.79 Å². The van der Waals surface area contributed by atoms with Crippen molar-refractivity contribution in [2.24, 2.45) is 11.7 Å². The molecule has 35 heavy (non-hydrogen) atoms. The van der Waals surface area contributed by atoms with Crippen molar-refractivity contribution in [3.8, 4) is 5.75 Å². The maximum absolute atomic E-state index is 12.8. The monoisotopic (exact) mass is 522 g/mol. The van der Waals surface area contributed by atoms with Crippen molar-refractivity contribution < 1.29 is 33.7 Å². The van der Waals surface area contributed by atoms with Crippen molar-refractivity contribution in [3.05, 3.63) is 63.6 Å². The molecule has 1 aliphatic heterocycles. The number of rotatable bonds is 10. The zero-order valence-electron chi connectivity index (χ0n) is 18.5. The van der Waals surface area contributed by atoms with Gasteiger partial charge in [0.1, 0.15) is 18.4 Å². The van der Waals surface area contributed by atoms with Gasteiger partial charge in [-0.2, -0.15) is 0 Å². The Kier molecular flexibility index (Phi) is 7.81. The van der Waals surface area contributed by atoms with Crippen LogP contribution in [0.3, 0.4) is 0 Å². The van der Waals surface area contributed by atoms with Crippen molar-refractivity contribution >= 4 is 41.0 Å². The Balaban J connectivity index is 1.36. The van der Waals surface area contributed by atoms with Gasteiger partial charge in [0, 0.05) is 22.0 Å². The van der Waals surface area contributed by atoms with Crippen LogP contribution in [-0.2, 0) is 36.9 Å². The van der Waals surface area contributed by atoms with Gasteiger partial charge in [-0.15, -0.1) is 0 Å². The Morgan fingerprint density at radius 1 is 1.09 bits per heavy atom. The second kappa shape index (κ2) is 10.8. The van der Waals surface area contributed by atoms with E-state index in [1.54, 1.807) is 42.5 Å². The van der Waals surface area contributed by atoms with E-state index in [1.807, 2.05) is 0 Å². The molecule has 2 aliphatic rings. The van der Waals surface area contributed by atoms with E-state index in [9.17, 15) is 19.5 Å². The van der Waals surface area contributed by atoms with Crippen molar-refractivity contribution in [1.29, 1.82) is 0 Å². The first kappa shape index (κ1) is 25.2. The summed E-state index contributed by atoms with van der Waals surface area (Å²) in [6, 6.07) is 10.8. The van der Waals surface area contributed by atoms with Crippen LogP contribution in [0.5, 0.6) is 5.75 Å².